The monoisotopic (exact) mass is 798 g/mol. The molecule has 0 aromatic rings. The number of aliphatic hydroxyl groups excluding tert-OH is 1. The summed E-state index contributed by atoms with van der Waals surface area (Å²) in [4.78, 5) is 27.6. The van der Waals surface area contributed by atoms with Gasteiger partial charge in [0.25, 0.3) is 0 Å². The summed E-state index contributed by atoms with van der Waals surface area (Å²) in [5, 5.41) is 9.32. The second-order valence-corrected chi connectivity index (χ2v) is 20.5. The molecule has 8 atom stereocenters. The first kappa shape index (κ1) is 48.3. The summed E-state index contributed by atoms with van der Waals surface area (Å²) in [5.74, 6) is 5.07. The molecular weight excluding hydrogens is 707 g/mol. The van der Waals surface area contributed by atoms with E-state index < -0.39 is 0 Å². The molecule has 8 unspecified atom stereocenters. The Bertz CT molecular complexity index is 1180. The Morgan fingerprint density at radius 1 is 0.754 bits per heavy atom. The van der Waals surface area contributed by atoms with Crippen LogP contribution in [0.5, 0.6) is 0 Å². The van der Waals surface area contributed by atoms with Crippen LogP contribution in [0.4, 0.5) is 0 Å². The Labute approximate surface area is 351 Å². The number of ether oxygens (including phenoxy) is 2. The fourth-order valence-electron chi connectivity index (χ4n) is 12.5. The van der Waals surface area contributed by atoms with Crippen molar-refractivity contribution >= 4 is 11.9 Å². The van der Waals surface area contributed by atoms with E-state index in [-0.39, 0.29) is 30.1 Å². The molecule has 0 bridgehead atoms. The number of fused-ring (bicyclic) bond motifs is 5. The van der Waals surface area contributed by atoms with Gasteiger partial charge in [-0.3, -0.25) is 9.59 Å². The van der Waals surface area contributed by atoms with Crippen LogP contribution in [-0.2, 0) is 19.1 Å². The van der Waals surface area contributed by atoms with Crippen molar-refractivity contribution in [3.63, 3.8) is 0 Å². The van der Waals surface area contributed by atoms with Gasteiger partial charge in [-0.05, 0) is 156 Å². The number of aliphatic hydroxyl groups is 1. The number of nitrogens with zero attached hydrogens (tertiary/aromatic N) is 1. The third kappa shape index (κ3) is 14.9. The standard InChI is InChI=1S/C51H91NO5/c1-7-8-9-12-20-38-56-48(54)24-14-10-11-16-34-52(36-18-19-37-53)35-17-13-15-25-49(55)57-43-30-32-50(5)42(39-43)26-27-44-46-29-28-45(41(4)23-21-22-40(2)3)51(46,6)33-31-47(44)50/h26,40-41,43-47,53H,7-25,27-39H2,1-6H3. The molecule has 3 fully saturated rings. The minimum absolute atomic E-state index is 0.00138. The van der Waals surface area contributed by atoms with E-state index >= 15 is 0 Å². The van der Waals surface area contributed by atoms with Gasteiger partial charge in [0, 0.05) is 25.9 Å². The van der Waals surface area contributed by atoms with Crippen molar-refractivity contribution in [1.29, 1.82) is 0 Å². The first-order chi connectivity index (χ1) is 27.5. The molecule has 330 valence electrons. The van der Waals surface area contributed by atoms with E-state index in [0.29, 0.717) is 24.9 Å². The molecule has 6 heteroatoms. The predicted molar refractivity (Wildman–Crippen MR) is 237 cm³/mol. The van der Waals surface area contributed by atoms with E-state index in [2.05, 4.69) is 52.5 Å². The number of unbranched alkanes of at least 4 members (excludes halogenated alkanes) is 10. The Balaban J connectivity index is 1.11. The Morgan fingerprint density at radius 2 is 1.42 bits per heavy atom. The van der Waals surface area contributed by atoms with Crippen molar-refractivity contribution in [3.05, 3.63) is 11.6 Å². The van der Waals surface area contributed by atoms with Gasteiger partial charge in [0.15, 0.2) is 0 Å². The summed E-state index contributed by atoms with van der Waals surface area (Å²) in [6, 6.07) is 0. The Hall–Kier alpha value is -1.40. The minimum atomic E-state index is -0.0392. The van der Waals surface area contributed by atoms with E-state index in [9.17, 15) is 14.7 Å². The zero-order chi connectivity index (χ0) is 41.1. The number of hydrogen-bond donors (Lipinski definition) is 1. The fourth-order valence-corrected chi connectivity index (χ4v) is 12.5. The molecule has 57 heavy (non-hydrogen) atoms. The number of allylic oxidation sites excluding steroid dienone is 1. The summed E-state index contributed by atoms with van der Waals surface area (Å²) in [6.45, 7) is 18.8. The van der Waals surface area contributed by atoms with Crippen LogP contribution in [0.1, 0.15) is 215 Å². The first-order valence-electron chi connectivity index (χ1n) is 24.9. The number of carbonyl (C=O) groups is 2. The molecule has 0 aliphatic heterocycles. The Kier molecular flexibility index (Phi) is 21.5. The van der Waals surface area contributed by atoms with Crippen LogP contribution < -0.4 is 0 Å². The van der Waals surface area contributed by atoms with Crippen molar-refractivity contribution in [2.75, 3.05) is 32.8 Å². The second-order valence-electron chi connectivity index (χ2n) is 20.5. The number of carbonyl (C=O) groups excluding carboxylic acids is 2. The lowest BCUT2D eigenvalue weighted by Crippen LogP contribution is -2.51. The molecule has 0 radical (unpaired) electrons. The molecule has 0 aromatic heterocycles. The van der Waals surface area contributed by atoms with Crippen LogP contribution >= 0.6 is 0 Å². The number of esters is 2. The van der Waals surface area contributed by atoms with Gasteiger partial charge in [0.05, 0.1) is 6.61 Å². The molecule has 4 rings (SSSR count). The van der Waals surface area contributed by atoms with Gasteiger partial charge in [0.1, 0.15) is 6.10 Å². The zero-order valence-corrected chi connectivity index (χ0v) is 38.3. The Morgan fingerprint density at radius 3 is 2.14 bits per heavy atom. The molecule has 4 aliphatic carbocycles. The maximum Gasteiger partial charge on any atom is 0.306 e. The zero-order valence-electron chi connectivity index (χ0n) is 38.3. The summed E-state index contributed by atoms with van der Waals surface area (Å²) >= 11 is 0. The molecule has 3 saturated carbocycles. The molecule has 0 heterocycles. The van der Waals surface area contributed by atoms with Crippen molar-refractivity contribution < 1.29 is 24.2 Å². The van der Waals surface area contributed by atoms with E-state index in [4.69, 9.17) is 9.47 Å². The lowest BCUT2D eigenvalue weighted by Gasteiger charge is -2.58. The molecular formula is C51H91NO5. The third-order valence-electron chi connectivity index (χ3n) is 15.9. The van der Waals surface area contributed by atoms with Gasteiger partial charge in [-0.15, -0.1) is 0 Å². The van der Waals surface area contributed by atoms with Gasteiger partial charge in [-0.1, -0.05) is 117 Å². The smallest absolute Gasteiger partial charge is 0.306 e. The number of rotatable bonds is 29. The minimum Gasteiger partial charge on any atom is -0.466 e. The molecule has 0 saturated heterocycles. The molecule has 0 amide bonds. The maximum absolute atomic E-state index is 13.1. The van der Waals surface area contributed by atoms with E-state index in [1.807, 2.05) is 0 Å². The van der Waals surface area contributed by atoms with Gasteiger partial charge in [0.2, 0.25) is 0 Å². The highest BCUT2D eigenvalue weighted by Crippen LogP contribution is 2.67. The van der Waals surface area contributed by atoms with Crippen LogP contribution in [0.2, 0.25) is 0 Å². The molecule has 1 N–H and O–H groups in total. The van der Waals surface area contributed by atoms with E-state index in [1.165, 1.54) is 77.0 Å². The first-order valence-corrected chi connectivity index (χ1v) is 24.9. The second kappa shape index (κ2) is 25.4. The van der Waals surface area contributed by atoms with Crippen molar-refractivity contribution in [3.8, 4) is 0 Å². The summed E-state index contributed by atoms with van der Waals surface area (Å²) < 4.78 is 11.6. The fraction of sp³-hybridized carbons (Fsp3) is 0.922. The van der Waals surface area contributed by atoms with Gasteiger partial charge >= 0.3 is 11.9 Å². The highest BCUT2D eigenvalue weighted by atomic mass is 16.5. The average Bonchev–Trinajstić information content (AvgIpc) is 3.54. The lowest BCUT2D eigenvalue weighted by atomic mass is 9.47. The highest BCUT2D eigenvalue weighted by Gasteiger charge is 2.59. The molecule has 4 aliphatic rings. The quantitative estimate of drug-likeness (QED) is 0.0461. The number of hydrogen-bond acceptors (Lipinski definition) is 6. The summed E-state index contributed by atoms with van der Waals surface area (Å²) in [7, 11) is 0. The largest absolute Gasteiger partial charge is 0.466 e. The van der Waals surface area contributed by atoms with Crippen LogP contribution in [0.25, 0.3) is 0 Å². The summed E-state index contributed by atoms with van der Waals surface area (Å²) in [6.07, 6.45) is 33.0. The van der Waals surface area contributed by atoms with Gasteiger partial charge in [-0.2, -0.15) is 0 Å². The van der Waals surface area contributed by atoms with E-state index in [1.54, 1.807) is 5.57 Å². The normalized spacial score (nSPS) is 28.8. The van der Waals surface area contributed by atoms with Crippen molar-refractivity contribution in [2.45, 2.75) is 221 Å². The topological polar surface area (TPSA) is 76.1 Å². The lowest BCUT2D eigenvalue weighted by molar-refractivity contribution is -0.151. The predicted octanol–water partition coefficient (Wildman–Crippen LogP) is 13.0. The highest BCUT2D eigenvalue weighted by molar-refractivity contribution is 5.69. The molecule has 0 aromatic carbocycles. The van der Waals surface area contributed by atoms with Crippen molar-refractivity contribution in [2.24, 2.45) is 46.3 Å². The van der Waals surface area contributed by atoms with Crippen LogP contribution in [0.15, 0.2) is 11.6 Å². The summed E-state index contributed by atoms with van der Waals surface area (Å²) in [5.41, 5.74) is 2.43. The van der Waals surface area contributed by atoms with Crippen LogP contribution in [0, 0.1) is 46.3 Å². The third-order valence-corrected chi connectivity index (χ3v) is 15.9. The molecule has 6 nitrogen and oxygen atoms in total. The van der Waals surface area contributed by atoms with Crippen LogP contribution in [-0.4, -0.2) is 60.9 Å². The van der Waals surface area contributed by atoms with Gasteiger partial charge in [-0.25, -0.2) is 0 Å². The SMILES string of the molecule is CCCCCCCOC(=O)CCCCCCN(CCCCO)CCCCCC(=O)OC1CCC2(C)C(=CCC3C2CCC2(C)C(C(C)CCCC(C)C)CCC32)C1. The average molecular weight is 798 g/mol. The van der Waals surface area contributed by atoms with Crippen LogP contribution in [0.3, 0.4) is 0 Å². The van der Waals surface area contributed by atoms with E-state index in [0.717, 1.165) is 139 Å². The molecule has 0 spiro atoms. The maximum atomic E-state index is 13.1. The van der Waals surface area contributed by atoms with Crippen molar-refractivity contribution in [1.82, 2.24) is 4.90 Å². The van der Waals surface area contributed by atoms with Gasteiger partial charge < -0.3 is 19.5 Å².